The molecule has 0 saturated carbocycles. The third kappa shape index (κ3) is 14.7. The molecule has 1 aromatic carbocycles. The van der Waals surface area contributed by atoms with Crippen molar-refractivity contribution in [2.24, 2.45) is 0 Å². The van der Waals surface area contributed by atoms with Crippen molar-refractivity contribution in [2.75, 3.05) is 18.4 Å². The third-order valence-electron chi connectivity index (χ3n) is 4.56. The Morgan fingerprint density at radius 1 is 1.00 bits per heavy atom. The molecule has 1 fully saturated rings. The van der Waals surface area contributed by atoms with Crippen molar-refractivity contribution in [1.82, 2.24) is 4.90 Å². The Labute approximate surface area is 255 Å². The van der Waals surface area contributed by atoms with Gasteiger partial charge in [0, 0.05) is 44.4 Å². The molecular weight excluding hydrogens is 570 g/mol. The van der Waals surface area contributed by atoms with E-state index in [-0.39, 0.29) is 35.7 Å². The molecule has 1 aliphatic rings. The summed E-state index contributed by atoms with van der Waals surface area (Å²) in [7, 11) is -1.59. The summed E-state index contributed by atoms with van der Waals surface area (Å²) < 4.78 is 19.5. The number of benzene rings is 1. The van der Waals surface area contributed by atoms with E-state index in [0.29, 0.717) is 19.1 Å². The maximum Gasteiger partial charge on any atom is 1.00 e. The van der Waals surface area contributed by atoms with Crippen LogP contribution >= 0.6 is 15.9 Å². The summed E-state index contributed by atoms with van der Waals surface area (Å²) >= 11 is 3.56. The number of carbonyl (C=O) groups is 4. The van der Waals surface area contributed by atoms with E-state index < -0.39 is 30.8 Å². The number of likely N-dealkylation sites (tertiary alicyclic amines) is 1. The fourth-order valence-corrected chi connectivity index (χ4v) is 3.59. The molecular formula is C25H34BBrN2NaO8. The molecule has 1 radical (unpaired) electrons. The molecule has 13 heteroatoms. The molecule has 0 spiro atoms. The summed E-state index contributed by atoms with van der Waals surface area (Å²) in [6, 6.07) is 6.37. The van der Waals surface area contributed by atoms with E-state index in [1.165, 1.54) is 0 Å². The topological polar surface area (TPSA) is 120 Å². The third-order valence-corrected chi connectivity index (χ3v) is 5.22. The molecule has 0 aromatic heterocycles. The predicted octanol–water partition coefficient (Wildman–Crippen LogP) is 1.30. The van der Waals surface area contributed by atoms with Crippen LogP contribution in [0.3, 0.4) is 0 Å². The van der Waals surface area contributed by atoms with E-state index in [4.69, 9.17) is 4.74 Å². The summed E-state index contributed by atoms with van der Waals surface area (Å²) in [6.07, 6.45) is 1.57. The van der Waals surface area contributed by atoms with Crippen LogP contribution in [0.5, 0.6) is 0 Å². The minimum atomic E-state index is -1.59. The van der Waals surface area contributed by atoms with Crippen LogP contribution in [0, 0.1) is 11.8 Å². The average molecular weight is 604 g/mol. The van der Waals surface area contributed by atoms with Crippen molar-refractivity contribution in [3.8, 4) is 11.8 Å². The summed E-state index contributed by atoms with van der Waals surface area (Å²) in [5.41, 5.74) is 1.57. The van der Waals surface area contributed by atoms with Crippen LogP contribution in [0.1, 0.15) is 66.9 Å². The molecule has 203 valence electrons. The molecule has 1 aliphatic heterocycles. The molecule has 38 heavy (non-hydrogen) atoms. The van der Waals surface area contributed by atoms with Crippen LogP contribution in [-0.4, -0.2) is 61.0 Å². The van der Waals surface area contributed by atoms with Gasteiger partial charge < -0.3 is 28.9 Å². The Morgan fingerprint density at radius 3 is 1.92 bits per heavy atom. The summed E-state index contributed by atoms with van der Waals surface area (Å²) in [4.78, 5) is 45.1. The molecule has 1 saturated heterocycles. The van der Waals surface area contributed by atoms with Gasteiger partial charge in [-0.2, -0.15) is 0 Å². The van der Waals surface area contributed by atoms with Gasteiger partial charge in [0.1, 0.15) is 5.60 Å². The SMILES string of the molecule is CC#Cc1c(Br)cccc1NC1CCN(C(=O)OC(C)(C)C)CC1.CC(=O)O[B-](OC(C)=O)OC(C)=O.[Na+]. The van der Waals surface area contributed by atoms with Gasteiger partial charge in [0.05, 0.1) is 11.3 Å². The molecule has 0 atom stereocenters. The molecule has 1 amide bonds. The first-order valence-corrected chi connectivity index (χ1v) is 12.5. The first kappa shape index (κ1) is 35.8. The number of anilines is 1. The van der Waals surface area contributed by atoms with Gasteiger partial charge in [-0.05, 0) is 68.6 Å². The number of nitrogens with one attached hydrogen (secondary N) is 1. The van der Waals surface area contributed by atoms with Crippen LogP contribution in [0.25, 0.3) is 0 Å². The number of carbonyl (C=O) groups excluding carboxylic acids is 4. The summed E-state index contributed by atoms with van der Waals surface area (Å²) in [5.74, 6) is 3.95. The van der Waals surface area contributed by atoms with Gasteiger partial charge in [0.2, 0.25) is 0 Å². The van der Waals surface area contributed by atoms with Gasteiger partial charge >= 0.3 is 43.0 Å². The number of amides is 1. The Bertz CT molecular complexity index is 992. The molecule has 0 bridgehead atoms. The van der Waals surface area contributed by atoms with Gasteiger partial charge in [-0.15, -0.1) is 5.92 Å². The fraction of sp³-hybridized carbons (Fsp3) is 0.520. The Balaban J connectivity index is 0.000000838. The maximum atomic E-state index is 12.1. The number of halogens is 1. The second-order valence-corrected chi connectivity index (χ2v) is 9.89. The van der Waals surface area contributed by atoms with Crippen molar-refractivity contribution in [3.05, 3.63) is 28.2 Å². The molecule has 10 nitrogen and oxygen atoms in total. The van der Waals surface area contributed by atoms with Gasteiger partial charge in [-0.3, -0.25) is 14.4 Å². The van der Waals surface area contributed by atoms with Crippen molar-refractivity contribution in [3.63, 3.8) is 0 Å². The molecule has 1 heterocycles. The van der Waals surface area contributed by atoms with Gasteiger partial charge in [0.15, 0.2) is 0 Å². The normalized spacial score (nSPS) is 12.9. The summed E-state index contributed by atoms with van der Waals surface area (Å²) in [6.45, 7) is 12.2. The van der Waals surface area contributed by atoms with Gasteiger partial charge in [-0.25, -0.2) is 4.79 Å². The Hall–Kier alpha value is -2.20. The van der Waals surface area contributed by atoms with Crippen LogP contribution in [-0.2, 0) is 33.1 Å². The Kier molecular flexibility index (Phi) is 16.4. The second kappa shape index (κ2) is 17.4. The van der Waals surface area contributed by atoms with Gasteiger partial charge in [-0.1, -0.05) is 12.0 Å². The largest absolute Gasteiger partial charge is 1.00 e. The second-order valence-electron chi connectivity index (χ2n) is 9.04. The standard InChI is InChI=1S/C19H25BrN2O2.C6H9BO6.Na/c1-5-7-15-16(20)8-6-9-17(15)21-14-10-12-22(13-11-14)18(23)24-19(2,3)4;1-4(8)11-7(12-5(2)9)13-6(3)10;/h6,8-9,14,21H,10-13H2,1-4H3;1-3H3;/q;-1;+1. The molecule has 2 rings (SSSR count). The summed E-state index contributed by atoms with van der Waals surface area (Å²) in [5, 5.41) is 3.57. The minimum absolute atomic E-state index is 0. The van der Waals surface area contributed by atoms with Crippen molar-refractivity contribution in [1.29, 1.82) is 0 Å². The minimum Gasteiger partial charge on any atom is -0.642 e. The van der Waals surface area contributed by atoms with E-state index in [9.17, 15) is 19.2 Å². The number of hydrogen-bond acceptors (Lipinski definition) is 9. The van der Waals surface area contributed by atoms with E-state index in [1.807, 2.05) is 45.9 Å². The number of ether oxygens (including phenoxy) is 1. The molecule has 1 N–H and O–H groups in total. The fourth-order valence-electron chi connectivity index (χ4n) is 3.13. The van der Waals surface area contributed by atoms with E-state index >= 15 is 0 Å². The van der Waals surface area contributed by atoms with Crippen molar-refractivity contribution < 1.29 is 67.4 Å². The van der Waals surface area contributed by atoms with E-state index in [0.717, 1.165) is 49.3 Å². The molecule has 1 aromatic rings. The monoisotopic (exact) mass is 603 g/mol. The quantitative estimate of drug-likeness (QED) is 0.392. The van der Waals surface area contributed by atoms with Crippen LogP contribution in [0.4, 0.5) is 10.5 Å². The zero-order valence-corrected chi connectivity index (χ0v) is 26.9. The first-order valence-electron chi connectivity index (χ1n) is 11.7. The zero-order chi connectivity index (χ0) is 28.2. The number of hydrogen-bond donors (Lipinski definition) is 1. The van der Waals surface area contributed by atoms with E-state index in [2.05, 4.69) is 47.1 Å². The molecule has 0 aliphatic carbocycles. The number of rotatable bonds is 5. The van der Waals surface area contributed by atoms with Crippen LogP contribution < -0.4 is 34.9 Å². The number of piperidine rings is 1. The Morgan fingerprint density at radius 2 is 1.50 bits per heavy atom. The van der Waals surface area contributed by atoms with Crippen molar-refractivity contribution in [2.45, 2.75) is 73.0 Å². The van der Waals surface area contributed by atoms with Gasteiger partial charge in [0.25, 0.3) is 17.9 Å². The predicted molar refractivity (Wildman–Crippen MR) is 142 cm³/mol. The van der Waals surface area contributed by atoms with Crippen LogP contribution in [0.2, 0.25) is 0 Å². The number of nitrogens with zero attached hydrogens (tertiary/aromatic N) is 1. The maximum absolute atomic E-state index is 12.1. The first-order chi connectivity index (χ1) is 17.2. The average Bonchev–Trinajstić information content (AvgIpc) is 2.74. The smallest absolute Gasteiger partial charge is 0.642 e. The van der Waals surface area contributed by atoms with Crippen LogP contribution in [0.15, 0.2) is 22.7 Å². The zero-order valence-electron chi connectivity index (χ0n) is 23.3. The molecule has 0 unspecified atom stereocenters. The van der Waals surface area contributed by atoms with E-state index in [1.54, 1.807) is 4.90 Å². The van der Waals surface area contributed by atoms with Crippen molar-refractivity contribution >= 4 is 52.9 Å².